The molecule has 2 rings (SSSR count). The van der Waals surface area contributed by atoms with E-state index in [-0.39, 0.29) is 5.41 Å². The normalized spacial score (nSPS) is 11.8. The fourth-order valence-electron chi connectivity index (χ4n) is 1.94. The van der Waals surface area contributed by atoms with Crippen molar-refractivity contribution >= 4 is 11.3 Å². The number of ether oxygens (including phenoxy) is 1. The zero-order valence-corrected chi connectivity index (χ0v) is 13.1. The second-order valence-corrected chi connectivity index (χ2v) is 6.00. The Balaban J connectivity index is 2.03. The van der Waals surface area contributed by atoms with Gasteiger partial charge in [0.25, 0.3) is 0 Å². The molecule has 5 heteroatoms. The SMILES string of the molecule is C=CCCOCCNc1nccn2nc(C(C)(C)C)cc12. The van der Waals surface area contributed by atoms with Crippen LogP contribution in [0, 0.1) is 0 Å². The molecule has 0 aliphatic heterocycles. The van der Waals surface area contributed by atoms with Crippen molar-refractivity contribution in [3.8, 4) is 0 Å². The highest BCUT2D eigenvalue weighted by molar-refractivity contribution is 5.68. The first-order valence-corrected chi connectivity index (χ1v) is 7.30. The Morgan fingerprint density at radius 2 is 2.19 bits per heavy atom. The first-order valence-electron chi connectivity index (χ1n) is 7.30. The summed E-state index contributed by atoms with van der Waals surface area (Å²) in [7, 11) is 0. The second kappa shape index (κ2) is 6.72. The molecule has 1 N–H and O–H groups in total. The molecular formula is C16H24N4O. The minimum atomic E-state index is 0.0249. The molecule has 0 aliphatic carbocycles. The summed E-state index contributed by atoms with van der Waals surface area (Å²) in [5.41, 5.74) is 2.08. The van der Waals surface area contributed by atoms with Crippen molar-refractivity contribution in [3.05, 3.63) is 36.8 Å². The summed E-state index contributed by atoms with van der Waals surface area (Å²) < 4.78 is 7.35. The van der Waals surface area contributed by atoms with Gasteiger partial charge in [-0.1, -0.05) is 26.8 Å². The highest BCUT2D eigenvalue weighted by Crippen LogP contribution is 2.24. The van der Waals surface area contributed by atoms with E-state index < -0.39 is 0 Å². The number of aromatic nitrogens is 3. The Kier molecular flexibility index (Phi) is 4.96. The average Bonchev–Trinajstić information content (AvgIpc) is 2.87. The molecule has 0 atom stereocenters. The Labute approximate surface area is 126 Å². The maximum atomic E-state index is 5.48. The zero-order chi connectivity index (χ0) is 15.3. The van der Waals surface area contributed by atoms with Crippen LogP contribution in [-0.2, 0) is 10.2 Å². The number of nitrogens with zero attached hydrogens (tertiary/aromatic N) is 3. The van der Waals surface area contributed by atoms with E-state index in [9.17, 15) is 0 Å². The van der Waals surface area contributed by atoms with Crippen LogP contribution in [0.2, 0.25) is 0 Å². The lowest BCUT2D eigenvalue weighted by Gasteiger charge is -2.13. The van der Waals surface area contributed by atoms with Crippen LogP contribution in [-0.4, -0.2) is 34.4 Å². The summed E-state index contributed by atoms with van der Waals surface area (Å²) in [6.45, 7) is 12.2. The predicted molar refractivity (Wildman–Crippen MR) is 85.8 cm³/mol. The van der Waals surface area contributed by atoms with Crippen LogP contribution in [0.3, 0.4) is 0 Å². The van der Waals surface area contributed by atoms with E-state index in [1.807, 2.05) is 16.8 Å². The lowest BCUT2D eigenvalue weighted by molar-refractivity contribution is 0.149. The highest BCUT2D eigenvalue weighted by Gasteiger charge is 2.18. The molecule has 2 aromatic heterocycles. The van der Waals surface area contributed by atoms with Crippen molar-refractivity contribution < 1.29 is 4.74 Å². The van der Waals surface area contributed by atoms with Crippen LogP contribution >= 0.6 is 0 Å². The lowest BCUT2D eigenvalue weighted by Crippen LogP contribution is -2.11. The van der Waals surface area contributed by atoms with Crippen LogP contribution in [0.15, 0.2) is 31.1 Å². The van der Waals surface area contributed by atoms with Gasteiger partial charge >= 0.3 is 0 Å². The van der Waals surface area contributed by atoms with Gasteiger partial charge in [-0.05, 0) is 12.5 Å². The maximum Gasteiger partial charge on any atom is 0.152 e. The summed E-state index contributed by atoms with van der Waals surface area (Å²) in [4.78, 5) is 4.39. The van der Waals surface area contributed by atoms with Crippen LogP contribution in [0.5, 0.6) is 0 Å². The molecule has 0 unspecified atom stereocenters. The fraction of sp³-hybridized carbons (Fsp3) is 0.500. The monoisotopic (exact) mass is 288 g/mol. The Hall–Kier alpha value is -1.88. The summed E-state index contributed by atoms with van der Waals surface area (Å²) in [5.74, 6) is 0.841. The molecule has 0 saturated carbocycles. The number of fused-ring (bicyclic) bond motifs is 1. The van der Waals surface area contributed by atoms with E-state index in [4.69, 9.17) is 4.74 Å². The molecule has 114 valence electrons. The van der Waals surface area contributed by atoms with Gasteiger partial charge in [0.2, 0.25) is 0 Å². The maximum absolute atomic E-state index is 5.48. The predicted octanol–water partition coefficient (Wildman–Crippen LogP) is 3.03. The minimum absolute atomic E-state index is 0.0249. The Bertz CT molecular complexity index is 598. The van der Waals surface area contributed by atoms with Crippen LogP contribution in [0.1, 0.15) is 32.9 Å². The van der Waals surface area contributed by atoms with Gasteiger partial charge in [0, 0.05) is 24.4 Å². The summed E-state index contributed by atoms with van der Waals surface area (Å²) >= 11 is 0. The zero-order valence-electron chi connectivity index (χ0n) is 13.1. The molecule has 2 heterocycles. The minimum Gasteiger partial charge on any atom is -0.379 e. The van der Waals surface area contributed by atoms with Crippen LogP contribution < -0.4 is 5.32 Å². The van der Waals surface area contributed by atoms with Crippen molar-refractivity contribution in [1.29, 1.82) is 0 Å². The molecule has 0 fully saturated rings. The van der Waals surface area contributed by atoms with Crippen molar-refractivity contribution in [3.63, 3.8) is 0 Å². The average molecular weight is 288 g/mol. The molecule has 0 spiro atoms. The lowest BCUT2D eigenvalue weighted by atomic mass is 9.92. The molecule has 0 aliphatic rings. The highest BCUT2D eigenvalue weighted by atomic mass is 16.5. The molecule has 0 amide bonds. The molecule has 0 radical (unpaired) electrons. The smallest absolute Gasteiger partial charge is 0.152 e. The second-order valence-electron chi connectivity index (χ2n) is 6.00. The Morgan fingerprint density at radius 1 is 1.38 bits per heavy atom. The van der Waals surface area contributed by atoms with Crippen molar-refractivity contribution in [2.24, 2.45) is 0 Å². The first kappa shape index (κ1) is 15.5. The number of nitrogens with one attached hydrogen (secondary N) is 1. The van der Waals surface area contributed by atoms with Crippen molar-refractivity contribution in [2.45, 2.75) is 32.6 Å². The van der Waals surface area contributed by atoms with Crippen molar-refractivity contribution in [2.75, 3.05) is 25.1 Å². The summed E-state index contributed by atoms with van der Waals surface area (Å²) in [6.07, 6.45) is 6.37. The molecule has 2 aromatic rings. The van der Waals surface area contributed by atoms with Gasteiger partial charge in [-0.2, -0.15) is 5.10 Å². The van der Waals surface area contributed by atoms with Gasteiger partial charge in [0.05, 0.1) is 18.9 Å². The molecular weight excluding hydrogens is 264 g/mol. The molecule has 0 saturated heterocycles. The van der Waals surface area contributed by atoms with Gasteiger partial charge in [0.15, 0.2) is 5.82 Å². The third kappa shape index (κ3) is 4.04. The third-order valence-electron chi connectivity index (χ3n) is 3.16. The fourth-order valence-corrected chi connectivity index (χ4v) is 1.94. The van der Waals surface area contributed by atoms with Gasteiger partial charge < -0.3 is 10.1 Å². The van der Waals surface area contributed by atoms with E-state index in [0.717, 1.165) is 30.0 Å². The van der Waals surface area contributed by atoms with E-state index >= 15 is 0 Å². The number of rotatable bonds is 7. The molecule has 0 aromatic carbocycles. The van der Waals surface area contributed by atoms with E-state index in [1.165, 1.54) is 0 Å². The van der Waals surface area contributed by atoms with Crippen LogP contribution in [0.4, 0.5) is 5.82 Å². The number of hydrogen-bond acceptors (Lipinski definition) is 4. The van der Waals surface area contributed by atoms with E-state index in [0.29, 0.717) is 13.2 Å². The number of anilines is 1. The number of hydrogen-bond donors (Lipinski definition) is 1. The first-order chi connectivity index (χ1) is 10.0. The Morgan fingerprint density at radius 3 is 2.90 bits per heavy atom. The van der Waals surface area contributed by atoms with Gasteiger partial charge in [-0.3, -0.25) is 0 Å². The summed E-state index contributed by atoms with van der Waals surface area (Å²) in [6, 6.07) is 2.09. The summed E-state index contributed by atoms with van der Waals surface area (Å²) in [5, 5.41) is 7.91. The van der Waals surface area contributed by atoms with Gasteiger partial charge in [-0.15, -0.1) is 6.58 Å². The quantitative estimate of drug-likeness (QED) is 0.628. The largest absolute Gasteiger partial charge is 0.379 e. The topological polar surface area (TPSA) is 51.5 Å². The molecule has 21 heavy (non-hydrogen) atoms. The molecule has 0 bridgehead atoms. The van der Waals surface area contributed by atoms with Crippen LogP contribution in [0.25, 0.3) is 5.52 Å². The standard InChI is InChI=1S/C16H24N4O/c1-5-6-10-21-11-8-18-15-13-12-14(16(2,3)4)19-20(13)9-7-17-15/h5,7,9,12H,1,6,8,10-11H2,2-4H3,(H,17,18). The third-order valence-corrected chi connectivity index (χ3v) is 3.16. The molecule has 5 nitrogen and oxygen atoms in total. The van der Waals surface area contributed by atoms with E-state index in [2.05, 4.69) is 48.8 Å². The van der Waals surface area contributed by atoms with Gasteiger partial charge in [-0.25, -0.2) is 9.50 Å². The van der Waals surface area contributed by atoms with Crippen molar-refractivity contribution in [1.82, 2.24) is 14.6 Å². The van der Waals surface area contributed by atoms with E-state index in [1.54, 1.807) is 6.20 Å². The van der Waals surface area contributed by atoms with Gasteiger partial charge in [0.1, 0.15) is 5.52 Å².